The molecule has 0 radical (unpaired) electrons. The van der Waals surface area contributed by atoms with Gasteiger partial charge in [-0.2, -0.15) is 0 Å². The first-order chi connectivity index (χ1) is 7.36. The number of hydrogen-bond donors (Lipinski definition) is 2. The summed E-state index contributed by atoms with van der Waals surface area (Å²) in [5, 5.41) is 11.1. The minimum atomic E-state index is 0. The van der Waals surface area contributed by atoms with Crippen molar-refractivity contribution in [2.24, 2.45) is 5.92 Å². The minimum absolute atomic E-state index is 0. The van der Waals surface area contributed by atoms with Crippen LogP contribution < -0.4 is 5.32 Å². The van der Waals surface area contributed by atoms with Crippen molar-refractivity contribution in [2.45, 2.75) is 25.7 Å². The number of benzene rings is 1. The van der Waals surface area contributed by atoms with E-state index in [0.29, 0.717) is 5.92 Å². The lowest BCUT2D eigenvalue weighted by Crippen LogP contribution is -2.29. The van der Waals surface area contributed by atoms with Crippen LogP contribution in [0.1, 0.15) is 24.8 Å². The van der Waals surface area contributed by atoms with Crippen molar-refractivity contribution < 1.29 is 0 Å². The van der Waals surface area contributed by atoms with Crippen LogP contribution >= 0.6 is 12.4 Å². The summed E-state index contributed by atoms with van der Waals surface area (Å²) in [5.74, 6) is 1.13. The van der Waals surface area contributed by atoms with Gasteiger partial charge in [0.25, 0.3) is 0 Å². The molecule has 88 valence electrons. The first-order valence-electron chi connectivity index (χ1n) is 5.72. The Kier molecular flexibility index (Phi) is 5.33. The Hall–Kier alpha value is -1.02. The first-order valence-corrected chi connectivity index (χ1v) is 5.72. The van der Waals surface area contributed by atoms with Crippen LogP contribution in [0.3, 0.4) is 0 Å². The van der Waals surface area contributed by atoms with Crippen molar-refractivity contribution in [3.63, 3.8) is 0 Å². The standard InChI is InChI=1S/C13H18N2.ClH/c14-13-12(8-4-5-9-15-13)10-11-6-2-1-3-7-11;/h1-3,6-7,12H,4-5,8-10H2,(H2,14,15);1H. The lowest BCUT2D eigenvalue weighted by atomic mass is 9.94. The normalized spacial score (nSPS) is 20.5. The van der Waals surface area contributed by atoms with Crippen molar-refractivity contribution >= 4 is 18.2 Å². The van der Waals surface area contributed by atoms with Crippen LogP contribution in [0, 0.1) is 11.3 Å². The van der Waals surface area contributed by atoms with Crippen LogP contribution in [0.4, 0.5) is 0 Å². The molecule has 1 heterocycles. The maximum absolute atomic E-state index is 7.92. The van der Waals surface area contributed by atoms with Gasteiger partial charge in [-0.15, -0.1) is 12.4 Å². The van der Waals surface area contributed by atoms with Gasteiger partial charge in [0.15, 0.2) is 0 Å². The quantitative estimate of drug-likeness (QED) is 0.817. The fourth-order valence-electron chi connectivity index (χ4n) is 2.13. The zero-order valence-electron chi connectivity index (χ0n) is 9.41. The minimum Gasteiger partial charge on any atom is -0.374 e. The average molecular weight is 239 g/mol. The van der Waals surface area contributed by atoms with Gasteiger partial charge >= 0.3 is 0 Å². The molecule has 2 nitrogen and oxygen atoms in total. The van der Waals surface area contributed by atoms with E-state index >= 15 is 0 Å². The molecule has 2 N–H and O–H groups in total. The van der Waals surface area contributed by atoms with Gasteiger partial charge in [-0.3, -0.25) is 5.41 Å². The third-order valence-corrected chi connectivity index (χ3v) is 3.03. The van der Waals surface area contributed by atoms with E-state index < -0.39 is 0 Å². The highest BCUT2D eigenvalue weighted by molar-refractivity contribution is 5.85. The monoisotopic (exact) mass is 238 g/mol. The molecule has 1 unspecified atom stereocenters. The van der Waals surface area contributed by atoms with Crippen LogP contribution in [0.5, 0.6) is 0 Å². The predicted octanol–water partition coefficient (Wildman–Crippen LogP) is 3.02. The number of nitrogens with one attached hydrogen (secondary N) is 2. The SMILES string of the molecule is Cl.N=C1NCCCCC1Cc1ccccc1. The van der Waals surface area contributed by atoms with E-state index in [4.69, 9.17) is 5.41 Å². The summed E-state index contributed by atoms with van der Waals surface area (Å²) >= 11 is 0. The second kappa shape index (κ2) is 6.54. The molecule has 0 aromatic heterocycles. The van der Waals surface area contributed by atoms with E-state index in [9.17, 15) is 0 Å². The Morgan fingerprint density at radius 1 is 1.19 bits per heavy atom. The third kappa shape index (κ3) is 3.53. The molecule has 1 fully saturated rings. The highest BCUT2D eigenvalue weighted by Crippen LogP contribution is 2.17. The van der Waals surface area contributed by atoms with Gasteiger partial charge in [-0.1, -0.05) is 36.8 Å². The lowest BCUT2D eigenvalue weighted by Gasteiger charge is -2.15. The number of hydrogen-bond acceptors (Lipinski definition) is 1. The van der Waals surface area contributed by atoms with Crippen LogP contribution in [0.25, 0.3) is 0 Å². The highest BCUT2D eigenvalue weighted by atomic mass is 35.5. The molecule has 3 heteroatoms. The maximum Gasteiger partial charge on any atom is 0.0966 e. The zero-order chi connectivity index (χ0) is 10.5. The maximum atomic E-state index is 7.92. The average Bonchev–Trinajstić information content (AvgIpc) is 2.46. The van der Waals surface area contributed by atoms with Crippen molar-refractivity contribution in [3.05, 3.63) is 35.9 Å². The molecule has 0 spiro atoms. The van der Waals surface area contributed by atoms with Gasteiger partial charge in [-0.25, -0.2) is 0 Å². The van der Waals surface area contributed by atoms with Gasteiger partial charge in [0.1, 0.15) is 0 Å². The molecule has 1 aliphatic rings. The van der Waals surface area contributed by atoms with Gasteiger partial charge in [0, 0.05) is 12.5 Å². The molecule has 2 rings (SSSR count). The summed E-state index contributed by atoms with van der Waals surface area (Å²) in [7, 11) is 0. The fourth-order valence-corrected chi connectivity index (χ4v) is 2.13. The summed E-state index contributed by atoms with van der Waals surface area (Å²) in [4.78, 5) is 0. The highest BCUT2D eigenvalue weighted by Gasteiger charge is 2.17. The van der Waals surface area contributed by atoms with Gasteiger partial charge in [0.05, 0.1) is 5.84 Å². The van der Waals surface area contributed by atoms with Crippen molar-refractivity contribution in [3.8, 4) is 0 Å². The Morgan fingerprint density at radius 2 is 1.94 bits per heavy atom. The summed E-state index contributed by atoms with van der Waals surface area (Å²) in [6.45, 7) is 0.976. The molecule has 1 aliphatic heterocycles. The molecule has 0 bridgehead atoms. The first kappa shape index (κ1) is 13.0. The van der Waals surface area contributed by atoms with Crippen LogP contribution in [0.15, 0.2) is 30.3 Å². The van der Waals surface area contributed by atoms with Gasteiger partial charge in [0.2, 0.25) is 0 Å². The molecule has 16 heavy (non-hydrogen) atoms. The molecule has 0 saturated carbocycles. The summed E-state index contributed by atoms with van der Waals surface area (Å²) < 4.78 is 0. The Balaban J connectivity index is 0.00000128. The molecule has 1 aromatic rings. The molecular weight excluding hydrogens is 220 g/mol. The van der Waals surface area contributed by atoms with E-state index in [1.54, 1.807) is 0 Å². The van der Waals surface area contributed by atoms with Gasteiger partial charge < -0.3 is 5.32 Å². The fraction of sp³-hybridized carbons (Fsp3) is 0.462. The van der Waals surface area contributed by atoms with E-state index in [0.717, 1.165) is 25.2 Å². The molecule has 1 saturated heterocycles. The van der Waals surface area contributed by atoms with E-state index in [2.05, 4.69) is 29.6 Å². The Morgan fingerprint density at radius 3 is 2.69 bits per heavy atom. The summed E-state index contributed by atoms with van der Waals surface area (Å²) in [5.41, 5.74) is 1.34. The summed E-state index contributed by atoms with van der Waals surface area (Å²) in [6.07, 6.45) is 4.61. The van der Waals surface area contributed by atoms with E-state index in [-0.39, 0.29) is 12.4 Å². The summed E-state index contributed by atoms with van der Waals surface area (Å²) in [6, 6.07) is 10.5. The van der Waals surface area contributed by atoms with Crippen molar-refractivity contribution in [2.75, 3.05) is 6.54 Å². The van der Waals surface area contributed by atoms with Crippen LogP contribution in [-0.4, -0.2) is 12.4 Å². The van der Waals surface area contributed by atoms with Crippen molar-refractivity contribution in [1.82, 2.24) is 5.32 Å². The molecule has 0 amide bonds. The van der Waals surface area contributed by atoms with Crippen LogP contribution in [-0.2, 0) is 6.42 Å². The largest absolute Gasteiger partial charge is 0.374 e. The number of amidine groups is 1. The molecule has 1 atom stereocenters. The zero-order valence-corrected chi connectivity index (χ0v) is 10.2. The van der Waals surface area contributed by atoms with Crippen molar-refractivity contribution in [1.29, 1.82) is 5.41 Å². The second-order valence-electron chi connectivity index (χ2n) is 4.22. The molecular formula is C13H19ClN2. The Bertz CT molecular complexity index is 324. The third-order valence-electron chi connectivity index (χ3n) is 3.03. The number of halogens is 1. The smallest absolute Gasteiger partial charge is 0.0966 e. The topological polar surface area (TPSA) is 35.9 Å². The lowest BCUT2D eigenvalue weighted by molar-refractivity contribution is 0.592. The van der Waals surface area contributed by atoms with E-state index in [1.165, 1.54) is 18.4 Å². The molecule has 1 aromatic carbocycles. The number of rotatable bonds is 2. The Labute approximate surface area is 103 Å². The van der Waals surface area contributed by atoms with Crippen LogP contribution in [0.2, 0.25) is 0 Å². The second-order valence-corrected chi connectivity index (χ2v) is 4.22. The predicted molar refractivity (Wildman–Crippen MR) is 70.5 cm³/mol. The molecule has 0 aliphatic carbocycles. The van der Waals surface area contributed by atoms with E-state index in [1.807, 2.05) is 6.07 Å². The van der Waals surface area contributed by atoms with Gasteiger partial charge in [-0.05, 0) is 24.8 Å².